The van der Waals surface area contributed by atoms with Crippen molar-refractivity contribution in [1.29, 1.82) is 0 Å². The minimum absolute atomic E-state index is 0.0251. The molecule has 0 N–H and O–H groups in total. The number of hydrogen-bond donors (Lipinski definition) is 0. The predicted octanol–water partition coefficient (Wildman–Crippen LogP) is 2.46. The van der Waals surface area contributed by atoms with E-state index in [1.165, 1.54) is 17.3 Å². The summed E-state index contributed by atoms with van der Waals surface area (Å²) in [6, 6.07) is 7.79. The molecule has 21 heavy (non-hydrogen) atoms. The molecule has 2 aromatic heterocycles. The third-order valence-electron chi connectivity index (χ3n) is 2.72. The van der Waals surface area contributed by atoms with Crippen molar-refractivity contribution in [3.8, 4) is 17.7 Å². The number of hydrogen-bond acceptors (Lipinski definition) is 6. The van der Waals surface area contributed by atoms with Crippen LogP contribution in [0.5, 0.6) is 11.8 Å². The Morgan fingerprint density at radius 3 is 2.90 bits per heavy atom. The lowest BCUT2D eigenvalue weighted by Crippen LogP contribution is -2.05. The van der Waals surface area contributed by atoms with Crippen molar-refractivity contribution in [2.45, 2.75) is 13.3 Å². The average Bonchev–Trinajstić information content (AvgIpc) is 3.01. The summed E-state index contributed by atoms with van der Waals surface area (Å²) in [7, 11) is 0. The molecule has 1 aromatic carbocycles. The summed E-state index contributed by atoms with van der Waals surface area (Å²) < 4.78 is 7.01. The average molecular weight is 303 g/mol. The van der Waals surface area contributed by atoms with Crippen molar-refractivity contribution in [3.05, 3.63) is 47.8 Å². The third kappa shape index (κ3) is 3.14. The summed E-state index contributed by atoms with van der Waals surface area (Å²) in [6.07, 6.45) is 3.76. The van der Waals surface area contributed by atoms with Crippen LogP contribution in [0.15, 0.2) is 36.9 Å². The fraction of sp³-hybridized carbons (Fsp3) is 0.154. The highest BCUT2D eigenvalue weighted by Crippen LogP contribution is 2.20. The molecule has 8 heteroatoms. The van der Waals surface area contributed by atoms with Crippen LogP contribution >= 0.6 is 11.6 Å². The first-order chi connectivity index (χ1) is 10.2. The van der Waals surface area contributed by atoms with Gasteiger partial charge in [-0.05, 0) is 35.7 Å². The molecule has 2 heterocycles. The molecular formula is C13H11ClN6O. The lowest BCUT2D eigenvalue weighted by atomic mass is 10.2. The van der Waals surface area contributed by atoms with Gasteiger partial charge in [0.2, 0.25) is 5.28 Å². The van der Waals surface area contributed by atoms with Crippen molar-refractivity contribution in [2.75, 3.05) is 0 Å². The molecule has 0 unspecified atom stereocenters. The number of aryl methyl sites for hydroxylation is 1. The van der Waals surface area contributed by atoms with Crippen LogP contribution in [-0.4, -0.2) is 29.7 Å². The van der Waals surface area contributed by atoms with E-state index in [2.05, 4.69) is 32.0 Å². The molecule has 0 atom stereocenters. The van der Waals surface area contributed by atoms with Gasteiger partial charge in [0.15, 0.2) is 0 Å². The van der Waals surface area contributed by atoms with Crippen LogP contribution in [0.2, 0.25) is 5.28 Å². The van der Waals surface area contributed by atoms with Gasteiger partial charge in [0.25, 0.3) is 5.95 Å². The van der Waals surface area contributed by atoms with Gasteiger partial charge in [0.05, 0.1) is 0 Å². The summed E-state index contributed by atoms with van der Waals surface area (Å²) in [5.74, 6) is 0.885. The maximum atomic E-state index is 5.89. The number of halogens is 1. The molecule has 3 aromatic rings. The molecule has 0 bridgehead atoms. The zero-order valence-electron chi connectivity index (χ0n) is 11.1. The number of ether oxygens (including phenoxy) is 1. The molecule has 0 amide bonds. The van der Waals surface area contributed by atoms with Crippen LogP contribution in [0.4, 0.5) is 0 Å². The summed E-state index contributed by atoms with van der Waals surface area (Å²) in [5, 5.41) is 3.97. The van der Waals surface area contributed by atoms with Crippen molar-refractivity contribution in [3.63, 3.8) is 0 Å². The second-order valence-corrected chi connectivity index (χ2v) is 4.47. The summed E-state index contributed by atoms with van der Waals surface area (Å²) in [6.45, 7) is 2.07. The molecule has 0 spiro atoms. The van der Waals surface area contributed by atoms with E-state index in [0.29, 0.717) is 5.75 Å². The number of aromatic nitrogens is 6. The Hall–Kier alpha value is -2.54. The maximum Gasteiger partial charge on any atom is 0.328 e. The van der Waals surface area contributed by atoms with Crippen molar-refractivity contribution < 1.29 is 4.74 Å². The Labute approximate surface area is 125 Å². The molecule has 106 valence electrons. The van der Waals surface area contributed by atoms with E-state index >= 15 is 0 Å². The molecular weight excluding hydrogens is 292 g/mol. The standard InChI is InChI=1S/C13H11ClN6O/c1-2-9-4-3-5-10(6-9)21-13-18-11(14)17-12(19-13)20-8-15-7-16-20/h3-8H,2H2,1H3. The van der Waals surface area contributed by atoms with E-state index in [0.717, 1.165) is 12.0 Å². The number of nitrogens with zero attached hydrogens (tertiary/aromatic N) is 6. The zero-order valence-corrected chi connectivity index (χ0v) is 11.9. The van der Waals surface area contributed by atoms with Crippen LogP contribution in [0.25, 0.3) is 5.95 Å². The van der Waals surface area contributed by atoms with Crippen LogP contribution in [0.1, 0.15) is 12.5 Å². The summed E-state index contributed by atoms with van der Waals surface area (Å²) in [5.41, 5.74) is 1.16. The Balaban J connectivity index is 1.91. The minimum atomic E-state index is 0.0251. The van der Waals surface area contributed by atoms with Gasteiger partial charge in [-0.2, -0.15) is 24.7 Å². The molecule has 0 aliphatic rings. The minimum Gasteiger partial charge on any atom is -0.424 e. The Morgan fingerprint density at radius 2 is 2.14 bits per heavy atom. The fourth-order valence-corrected chi connectivity index (χ4v) is 1.86. The van der Waals surface area contributed by atoms with Gasteiger partial charge in [-0.15, -0.1) is 0 Å². The molecule has 0 radical (unpaired) electrons. The first kappa shape index (κ1) is 13.4. The molecule has 3 rings (SSSR count). The predicted molar refractivity (Wildman–Crippen MR) is 75.6 cm³/mol. The number of benzene rings is 1. The Morgan fingerprint density at radius 1 is 1.24 bits per heavy atom. The fourth-order valence-electron chi connectivity index (χ4n) is 1.72. The zero-order chi connectivity index (χ0) is 14.7. The van der Waals surface area contributed by atoms with E-state index in [-0.39, 0.29) is 17.2 Å². The summed E-state index contributed by atoms with van der Waals surface area (Å²) >= 11 is 5.89. The highest BCUT2D eigenvalue weighted by molar-refractivity contribution is 6.28. The Kier molecular flexibility index (Phi) is 3.74. The second-order valence-electron chi connectivity index (χ2n) is 4.13. The second kappa shape index (κ2) is 5.84. The molecule has 0 saturated heterocycles. The third-order valence-corrected chi connectivity index (χ3v) is 2.88. The first-order valence-corrected chi connectivity index (χ1v) is 6.66. The van der Waals surface area contributed by atoms with Gasteiger partial charge < -0.3 is 4.74 Å². The lowest BCUT2D eigenvalue weighted by Gasteiger charge is -2.06. The van der Waals surface area contributed by atoms with Gasteiger partial charge in [0, 0.05) is 0 Å². The SMILES string of the molecule is CCc1cccc(Oc2nc(Cl)nc(-n3cncn3)n2)c1. The largest absolute Gasteiger partial charge is 0.424 e. The van der Waals surface area contributed by atoms with E-state index in [1.54, 1.807) is 0 Å². The smallest absolute Gasteiger partial charge is 0.328 e. The molecule has 7 nitrogen and oxygen atoms in total. The highest BCUT2D eigenvalue weighted by atomic mass is 35.5. The van der Waals surface area contributed by atoms with Crippen LogP contribution in [-0.2, 0) is 6.42 Å². The summed E-state index contributed by atoms with van der Waals surface area (Å²) in [4.78, 5) is 15.9. The van der Waals surface area contributed by atoms with E-state index in [1.807, 2.05) is 24.3 Å². The van der Waals surface area contributed by atoms with E-state index in [4.69, 9.17) is 16.3 Å². The van der Waals surface area contributed by atoms with E-state index in [9.17, 15) is 0 Å². The Bertz CT molecular complexity index is 746. The monoisotopic (exact) mass is 302 g/mol. The van der Waals surface area contributed by atoms with E-state index < -0.39 is 0 Å². The van der Waals surface area contributed by atoms with Crippen molar-refractivity contribution >= 4 is 11.6 Å². The van der Waals surface area contributed by atoms with Gasteiger partial charge >= 0.3 is 6.01 Å². The first-order valence-electron chi connectivity index (χ1n) is 6.28. The quantitative estimate of drug-likeness (QED) is 0.736. The highest BCUT2D eigenvalue weighted by Gasteiger charge is 2.09. The topological polar surface area (TPSA) is 78.6 Å². The van der Waals surface area contributed by atoms with Gasteiger partial charge in [-0.25, -0.2) is 4.98 Å². The van der Waals surface area contributed by atoms with Gasteiger partial charge in [0.1, 0.15) is 18.4 Å². The van der Waals surface area contributed by atoms with Gasteiger partial charge in [-0.3, -0.25) is 0 Å². The van der Waals surface area contributed by atoms with Crippen molar-refractivity contribution in [2.24, 2.45) is 0 Å². The molecule has 0 aliphatic heterocycles. The lowest BCUT2D eigenvalue weighted by molar-refractivity contribution is 0.437. The maximum absolute atomic E-state index is 5.89. The molecule has 0 aliphatic carbocycles. The molecule has 0 fully saturated rings. The van der Waals surface area contributed by atoms with Crippen LogP contribution < -0.4 is 4.74 Å². The normalized spacial score (nSPS) is 10.6. The van der Waals surface area contributed by atoms with Crippen molar-refractivity contribution in [1.82, 2.24) is 29.7 Å². The van der Waals surface area contributed by atoms with Crippen LogP contribution in [0.3, 0.4) is 0 Å². The number of rotatable bonds is 4. The van der Waals surface area contributed by atoms with Crippen LogP contribution in [0, 0.1) is 0 Å². The van der Waals surface area contributed by atoms with Gasteiger partial charge in [-0.1, -0.05) is 19.1 Å². The molecule has 0 saturated carbocycles.